The average Bonchev–Trinajstić information content (AvgIpc) is 2.29. The van der Waals surface area contributed by atoms with E-state index in [-0.39, 0.29) is 38.3 Å². The summed E-state index contributed by atoms with van der Waals surface area (Å²) in [5, 5.41) is 18.6. The molecule has 2 heterocycles. The maximum Gasteiger partial charge on any atom is 0.252 e. The third kappa shape index (κ3) is 3.60. The van der Waals surface area contributed by atoms with Crippen LogP contribution in [0.1, 0.15) is 11.1 Å². The Morgan fingerprint density at radius 3 is 2.68 bits per heavy atom. The maximum atomic E-state index is 12.0. The fourth-order valence-electron chi connectivity index (χ4n) is 1.50. The van der Waals surface area contributed by atoms with Crippen LogP contribution in [0.5, 0.6) is 0 Å². The largest absolute Gasteiger partial charge is 0.371 e. The van der Waals surface area contributed by atoms with E-state index in [9.17, 15) is 15.0 Å². The monoisotopic (exact) mass is 330 g/mol. The topological polar surface area (TPSA) is 75.3 Å². The van der Waals surface area contributed by atoms with Gasteiger partial charge in [-0.3, -0.25) is 4.79 Å². The Morgan fingerprint density at radius 2 is 2.16 bits per heavy atom. The molecule has 2 rings (SSSR count). The van der Waals surface area contributed by atoms with Gasteiger partial charge in [-0.25, -0.2) is 0 Å². The molecule has 0 unspecified atom stereocenters. The van der Waals surface area contributed by atoms with Gasteiger partial charge >= 0.3 is 0 Å². The Bertz CT molecular complexity index is 620. The zero-order chi connectivity index (χ0) is 13.3. The van der Waals surface area contributed by atoms with E-state index in [0.717, 1.165) is 5.56 Å². The van der Waals surface area contributed by atoms with Crippen molar-refractivity contribution >= 4 is 7.85 Å². The third-order valence-corrected chi connectivity index (χ3v) is 2.41. The summed E-state index contributed by atoms with van der Waals surface area (Å²) in [6.45, 7) is 1.82. The Balaban J connectivity index is 0.00000180. The van der Waals surface area contributed by atoms with Crippen LogP contribution >= 0.6 is 0 Å². The van der Waals surface area contributed by atoms with Gasteiger partial charge in [0.05, 0.1) is 5.56 Å². The van der Waals surface area contributed by atoms with Crippen molar-refractivity contribution in [3.05, 3.63) is 58.1 Å². The van der Waals surface area contributed by atoms with Crippen LogP contribution in [0.25, 0.3) is 5.82 Å². The Labute approximate surface area is 136 Å². The fourth-order valence-corrected chi connectivity index (χ4v) is 1.50. The van der Waals surface area contributed by atoms with Crippen molar-refractivity contribution in [2.75, 3.05) is 0 Å². The first-order valence-electron chi connectivity index (χ1n) is 5.20. The predicted octanol–water partition coefficient (Wildman–Crippen LogP) is -0.398. The average molecular weight is 330 g/mol. The van der Waals surface area contributed by atoms with Crippen molar-refractivity contribution in [1.82, 2.24) is 9.55 Å². The molecule has 0 spiro atoms. The molecule has 0 saturated heterocycles. The minimum atomic E-state index is -2.67. The van der Waals surface area contributed by atoms with Gasteiger partial charge in [0, 0.05) is 44.7 Å². The first kappa shape index (κ1) is 16.2. The molecule has 93 valence electrons. The molecule has 0 aromatic carbocycles. The van der Waals surface area contributed by atoms with E-state index < -0.39 is 11.2 Å². The van der Waals surface area contributed by atoms with E-state index in [0.29, 0.717) is 5.82 Å². The standard InChI is InChI=1S/C12H10BN2O3.Y/c1-8-4-5-10(14-7-8)15-6-2-3-9(11(15)16)12(13,17)18;/h2-3,5-7,17-18H,1H3;/q-1;. The molecule has 7 heteroatoms. The minimum Gasteiger partial charge on any atom is -0.371 e. The normalized spacial score (nSPS) is 10.9. The van der Waals surface area contributed by atoms with Crippen LogP contribution in [0.15, 0.2) is 35.4 Å². The molecule has 2 N–H and O–H groups in total. The number of aliphatic hydroxyl groups is 2. The molecule has 5 nitrogen and oxygen atoms in total. The second-order valence-corrected chi connectivity index (χ2v) is 3.91. The van der Waals surface area contributed by atoms with Crippen molar-refractivity contribution in [2.24, 2.45) is 0 Å². The smallest absolute Gasteiger partial charge is 0.252 e. The molecule has 0 aliphatic rings. The summed E-state index contributed by atoms with van der Waals surface area (Å²) < 4.78 is 1.17. The number of hydrogen-bond donors (Lipinski definition) is 2. The summed E-state index contributed by atoms with van der Waals surface area (Å²) in [7, 11) is 5.10. The molecule has 0 aliphatic heterocycles. The van der Waals surface area contributed by atoms with E-state index >= 15 is 0 Å². The van der Waals surface area contributed by atoms with Gasteiger partial charge in [0.25, 0.3) is 5.56 Å². The van der Waals surface area contributed by atoms with Crippen molar-refractivity contribution in [2.45, 2.75) is 12.6 Å². The number of aromatic nitrogens is 2. The second-order valence-electron chi connectivity index (χ2n) is 3.91. The van der Waals surface area contributed by atoms with E-state index in [4.69, 9.17) is 7.85 Å². The molecule has 19 heavy (non-hydrogen) atoms. The van der Waals surface area contributed by atoms with Crippen molar-refractivity contribution < 1.29 is 42.9 Å². The Morgan fingerprint density at radius 1 is 1.47 bits per heavy atom. The van der Waals surface area contributed by atoms with Crippen molar-refractivity contribution in [3.8, 4) is 5.82 Å². The molecule has 0 amide bonds. The van der Waals surface area contributed by atoms with Crippen LogP contribution in [-0.2, 0) is 38.4 Å². The number of nitrogens with zero attached hydrogens (tertiary/aromatic N) is 2. The molecule has 2 aromatic rings. The van der Waals surface area contributed by atoms with Gasteiger partial charge in [-0.15, -0.1) is 11.6 Å². The van der Waals surface area contributed by atoms with Gasteiger partial charge in [-0.05, 0) is 12.1 Å². The van der Waals surface area contributed by atoms with Gasteiger partial charge in [0.1, 0.15) is 5.69 Å². The molecule has 0 bridgehead atoms. The summed E-state index contributed by atoms with van der Waals surface area (Å²) >= 11 is 0. The summed E-state index contributed by atoms with van der Waals surface area (Å²) in [4.78, 5) is 16.1. The van der Waals surface area contributed by atoms with Crippen LogP contribution in [0.3, 0.4) is 0 Å². The summed E-state index contributed by atoms with van der Waals surface area (Å²) in [6.07, 6.45) is 3.02. The molecule has 3 radical (unpaired) electrons. The first-order chi connectivity index (χ1) is 8.39. The van der Waals surface area contributed by atoms with Crippen LogP contribution in [0.2, 0.25) is 0 Å². The van der Waals surface area contributed by atoms with E-state index in [1.54, 1.807) is 6.20 Å². The van der Waals surface area contributed by atoms with Gasteiger partial charge in [-0.1, -0.05) is 13.1 Å². The zero-order valence-electron chi connectivity index (χ0n) is 10.2. The fraction of sp³-hybridized carbons (Fsp3) is 0.167. The van der Waals surface area contributed by atoms with Crippen molar-refractivity contribution in [3.63, 3.8) is 0 Å². The third-order valence-electron chi connectivity index (χ3n) is 2.41. The number of hydrogen-bond acceptors (Lipinski definition) is 4. The number of pyridine rings is 2. The molecule has 2 aromatic heterocycles. The number of aryl methyl sites for hydroxylation is 1. The van der Waals surface area contributed by atoms with Crippen LogP contribution in [0, 0.1) is 13.0 Å². The summed E-state index contributed by atoms with van der Waals surface area (Å²) in [6, 6.07) is 7.17. The van der Waals surface area contributed by atoms with Crippen molar-refractivity contribution in [1.29, 1.82) is 0 Å². The van der Waals surface area contributed by atoms with E-state index in [2.05, 4.69) is 11.1 Å². The van der Waals surface area contributed by atoms with E-state index in [1.165, 1.54) is 29.0 Å². The Hall–Kier alpha value is -0.811. The SMILES string of the molecule is [B]C(O)(O)c1cccn(-c2c[c-]c(C)cn2)c1=O.[Y]. The van der Waals surface area contributed by atoms with Crippen LogP contribution in [0.4, 0.5) is 0 Å². The van der Waals surface area contributed by atoms with E-state index in [1.807, 2.05) is 6.92 Å². The first-order valence-corrected chi connectivity index (χ1v) is 5.20. The Kier molecular flexibility index (Phi) is 5.21. The second kappa shape index (κ2) is 6.09. The van der Waals surface area contributed by atoms with Crippen LogP contribution < -0.4 is 5.56 Å². The molecular weight excluding hydrogens is 320 g/mol. The molecule has 0 atom stereocenters. The van der Waals surface area contributed by atoms with Gasteiger partial charge in [0.2, 0.25) is 0 Å². The van der Waals surface area contributed by atoms with Gasteiger partial charge < -0.3 is 19.8 Å². The van der Waals surface area contributed by atoms with Gasteiger partial charge in [-0.2, -0.15) is 6.07 Å². The molecule has 0 fully saturated rings. The zero-order valence-corrected chi connectivity index (χ0v) is 13.1. The molecule has 0 saturated carbocycles. The summed E-state index contributed by atoms with van der Waals surface area (Å²) in [5.41, 5.74) is -2.81. The predicted molar refractivity (Wildman–Crippen MR) is 65.3 cm³/mol. The number of rotatable bonds is 2. The molecule has 0 aliphatic carbocycles. The maximum absolute atomic E-state index is 12.0. The van der Waals surface area contributed by atoms with Crippen LogP contribution in [-0.4, -0.2) is 27.6 Å². The van der Waals surface area contributed by atoms with Gasteiger partial charge in [0.15, 0.2) is 7.85 Å². The minimum absolute atomic E-state index is 0. The molecular formula is C12H10BN2O3Y-. The quantitative estimate of drug-likeness (QED) is 0.447. The summed E-state index contributed by atoms with van der Waals surface area (Å²) in [5.74, 6) is 0.330.